The van der Waals surface area contributed by atoms with E-state index in [-0.39, 0.29) is 0 Å². The normalized spacial score (nSPS) is 10.6. The zero-order valence-corrected chi connectivity index (χ0v) is 14.1. The average Bonchev–Trinajstić information content (AvgIpc) is 2.63. The van der Waals surface area contributed by atoms with Crippen molar-refractivity contribution >= 4 is 11.8 Å². The molecule has 1 aromatic heterocycles. The molecule has 2 heteroatoms. The number of thioether (sulfide) groups is 1. The first kappa shape index (κ1) is 15.8. The molecule has 23 heavy (non-hydrogen) atoms. The molecule has 2 aromatic carbocycles. The molecule has 0 saturated heterocycles. The number of hydrogen-bond donors (Lipinski definition) is 0. The fourth-order valence-electron chi connectivity index (χ4n) is 2.59. The monoisotopic (exact) mass is 320 g/mol. The largest absolute Gasteiger partial charge is 0.240 e. The Balaban J connectivity index is 1.57. The number of rotatable bonds is 7. The van der Waals surface area contributed by atoms with E-state index in [1.807, 2.05) is 11.8 Å². The van der Waals surface area contributed by atoms with Crippen molar-refractivity contribution in [3.8, 4) is 0 Å². The van der Waals surface area contributed by atoms with Crippen molar-refractivity contribution in [2.24, 2.45) is 0 Å². The molecule has 0 unspecified atom stereocenters. The van der Waals surface area contributed by atoms with E-state index < -0.39 is 0 Å². The molecule has 3 aromatic rings. The highest BCUT2D eigenvalue weighted by Crippen LogP contribution is 2.15. The van der Waals surface area contributed by atoms with Gasteiger partial charge < -0.3 is 0 Å². The summed E-state index contributed by atoms with van der Waals surface area (Å²) < 4.78 is 2.36. The van der Waals surface area contributed by atoms with Gasteiger partial charge in [0.05, 0.1) is 0 Å². The summed E-state index contributed by atoms with van der Waals surface area (Å²) in [5.74, 6) is 1.11. The molecule has 0 bridgehead atoms. The van der Waals surface area contributed by atoms with Gasteiger partial charge in [-0.3, -0.25) is 0 Å². The molecule has 1 nitrogen and oxygen atoms in total. The molecule has 0 fully saturated rings. The van der Waals surface area contributed by atoms with Gasteiger partial charge in [-0.1, -0.05) is 72.4 Å². The summed E-state index contributed by atoms with van der Waals surface area (Å²) in [6, 6.07) is 27.9. The predicted molar refractivity (Wildman–Crippen MR) is 97.7 cm³/mol. The summed E-state index contributed by atoms with van der Waals surface area (Å²) >= 11 is 1.94. The van der Waals surface area contributed by atoms with Crippen LogP contribution in [0.25, 0.3) is 0 Å². The number of benzene rings is 2. The minimum absolute atomic E-state index is 1.03. The molecule has 0 aliphatic heterocycles. The van der Waals surface area contributed by atoms with Crippen LogP contribution >= 0.6 is 11.8 Å². The maximum absolute atomic E-state index is 2.36. The Morgan fingerprint density at radius 3 is 1.96 bits per heavy atom. The lowest BCUT2D eigenvalue weighted by Crippen LogP contribution is -2.36. The van der Waals surface area contributed by atoms with E-state index in [0.29, 0.717) is 0 Å². The van der Waals surface area contributed by atoms with Crippen molar-refractivity contribution in [2.75, 3.05) is 5.75 Å². The Bertz CT molecular complexity index is 710. The lowest BCUT2D eigenvalue weighted by atomic mass is 10.1. The second kappa shape index (κ2) is 8.54. The molecule has 3 rings (SSSR count). The van der Waals surface area contributed by atoms with Crippen molar-refractivity contribution in [1.29, 1.82) is 0 Å². The zero-order chi connectivity index (χ0) is 15.7. The van der Waals surface area contributed by atoms with Crippen LogP contribution in [0.2, 0.25) is 0 Å². The van der Waals surface area contributed by atoms with Gasteiger partial charge in [-0.2, -0.15) is 4.57 Å². The van der Waals surface area contributed by atoms with Gasteiger partial charge >= 0.3 is 0 Å². The molecule has 0 spiro atoms. The summed E-state index contributed by atoms with van der Waals surface area (Å²) in [6.07, 6.45) is 4.37. The van der Waals surface area contributed by atoms with Crippen LogP contribution in [0.5, 0.6) is 0 Å². The maximum Gasteiger partial charge on any atom is 0.240 e. The van der Waals surface area contributed by atoms with Crippen molar-refractivity contribution in [1.82, 2.24) is 0 Å². The van der Waals surface area contributed by atoms with E-state index in [2.05, 4.69) is 89.6 Å². The Hall–Kier alpha value is -2.06. The first-order valence-electron chi connectivity index (χ1n) is 8.11. The van der Waals surface area contributed by atoms with E-state index in [4.69, 9.17) is 0 Å². The van der Waals surface area contributed by atoms with Gasteiger partial charge in [-0.05, 0) is 23.6 Å². The highest BCUT2D eigenvalue weighted by molar-refractivity contribution is 7.99. The van der Waals surface area contributed by atoms with Gasteiger partial charge in [0.2, 0.25) is 5.03 Å². The first-order valence-corrected chi connectivity index (χ1v) is 9.09. The maximum atomic E-state index is 2.36. The topological polar surface area (TPSA) is 3.88 Å². The van der Waals surface area contributed by atoms with Crippen molar-refractivity contribution in [3.05, 3.63) is 96.2 Å². The molecule has 0 saturated carbocycles. The molecular weight excluding hydrogens is 298 g/mol. The third kappa shape index (κ3) is 4.97. The Morgan fingerprint density at radius 2 is 1.26 bits per heavy atom. The van der Waals surface area contributed by atoms with E-state index in [1.165, 1.54) is 16.2 Å². The van der Waals surface area contributed by atoms with Crippen LogP contribution < -0.4 is 4.57 Å². The van der Waals surface area contributed by atoms with Crippen LogP contribution in [0.15, 0.2) is 90.1 Å². The fraction of sp³-hybridized carbons (Fsp3) is 0.190. The van der Waals surface area contributed by atoms with Crippen LogP contribution in [0.1, 0.15) is 11.1 Å². The minimum Gasteiger partial charge on any atom is -0.193 e. The third-order valence-electron chi connectivity index (χ3n) is 3.87. The van der Waals surface area contributed by atoms with Crippen LogP contribution in [-0.2, 0) is 19.4 Å². The molecule has 0 aliphatic carbocycles. The SMILES string of the molecule is c1ccc(CCSc2cccc[n+]2CCc2ccccc2)cc1. The van der Waals surface area contributed by atoms with E-state index in [9.17, 15) is 0 Å². The van der Waals surface area contributed by atoms with Gasteiger partial charge in [0.1, 0.15) is 0 Å². The molecule has 116 valence electrons. The van der Waals surface area contributed by atoms with E-state index in [0.717, 1.165) is 25.1 Å². The number of nitrogens with zero attached hydrogens (tertiary/aromatic N) is 1. The smallest absolute Gasteiger partial charge is 0.193 e. The summed E-state index contributed by atoms with van der Waals surface area (Å²) in [5.41, 5.74) is 2.80. The van der Waals surface area contributed by atoms with Crippen molar-refractivity contribution in [3.63, 3.8) is 0 Å². The number of hydrogen-bond acceptors (Lipinski definition) is 1. The highest BCUT2D eigenvalue weighted by Gasteiger charge is 2.10. The lowest BCUT2D eigenvalue weighted by Gasteiger charge is -2.04. The summed E-state index contributed by atoms with van der Waals surface area (Å²) in [4.78, 5) is 0. The lowest BCUT2D eigenvalue weighted by molar-refractivity contribution is -0.732. The van der Waals surface area contributed by atoms with Gasteiger partial charge in [-0.15, -0.1) is 0 Å². The molecular formula is C21H22NS+. The Kier molecular flexibility index (Phi) is 5.87. The van der Waals surface area contributed by atoms with Gasteiger partial charge in [0, 0.05) is 24.3 Å². The molecule has 1 heterocycles. The zero-order valence-electron chi connectivity index (χ0n) is 13.3. The third-order valence-corrected chi connectivity index (χ3v) is 4.94. The number of aryl methyl sites for hydroxylation is 3. The summed E-state index contributed by atoms with van der Waals surface area (Å²) in [6.45, 7) is 1.03. The summed E-state index contributed by atoms with van der Waals surface area (Å²) in [5, 5.41) is 1.35. The van der Waals surface area contributed by atoms with Crippen LogP contribution in [0, 0.1) is 0 Å². The predicted octanol–water partition coefficient (Wildman–Crippen LogP) is 4.55. The molecule has 0 amide bonds. The van der Waals surface area contributed by atoms with E-state index in [1.54, 1.807) is 0 Å². The second-order valence-corrected chi connectivity index (χ2v) is 6.67. The first-order chi connectivity index (χ1) is 11.4. The number of pyridine rings is 1. The van der Waals surface area contributed by atoms with Crippen LogP contribution in [-0.4, -0.2) is 5.75 Å². The fourth-order valence-corrected chi connectivity index (χ4v) is 3.63. The summed E-state index contributed by atoms with van der Waals surface area (Å²) in [7, 11) is 0. The van der Waals surface area contributed by atoms with Crippen LogP contribution in [0.3, 0.4) is 0 Å². The van der Waals surface area contributed by atoms with Crippen molar-refractivity contribution in [2.45, 2.75) is 24.4 Å². The van der Waals surface area contributed by atoms with E-state index >= 15 is 0 Å². The average molecular weight is 320 g/mol. The number of aromatic nitrogens is 1. The second-order valence-electron chi connectivity index (χ2n) is 5.55. The minimum atomic E-state index is 1.03. The highest BCUT2D eigenvalue weighted by atomic mass is 32.2. The van der Waals surface area contributed by atoms with Gasteiger partial charge in [0.15, 0.2) is 12.7 Å². The van der Waals surface area contributed by atoms with Gasteiger partial charge in [-0.25, -0.2) is 0 Å². The molecule has 0 aliphatic rings. The quantitative estimate of drug-likeness (QED) is 0.456. The van der Waals surface area contributed by atoms with Gasteiger partial charge in [0.25, 0.3) is 0 Å². The molecule has 0 N–H and O–H groups in total. The Morgan fingerprint density at radius 1 is 0.652 bits per heavy atom. The van der Waals surface area contributed by atoms with Crippen molar-refractivity contribution < 1.29 is 4.57 Å². The Labute approximate surface area is 143 Å². The molecule has 0 atom stereocenters. The van der Waals surface area contributed by atoms with Crippen LogP contribution in [0.4, 0.5) is 0 Å². The standard InChI is InChI=1S/C21H22NS/c1-3-9-19(10-4-1)14-17-22-16-8-7-13-21(22)23-18-15-20-11-5-2-6-12-20/h1-13,16H,14-15,17-18H2/q+1. The molecule has 0 radical (unpaired) electrons.